The van der Waals surface area contributed by atoms with E-state index < -0.39 is 21.9 Å². The number of anilines is 1. The number of aromatic carboxylic acids is 1. The largest absolute Gasteiger partial charge is 0.507 e. The van der Waals surface area contributed by atoms with Gasteiger partial charge in [-0.15, -0.1) is 0 Å². The van der Waals surface area contributed by atoms with Crippen LogP contribution < -0.4 is 5.32 Å². The summed E-state index contributed by atoms with van der Waals surface area (Å²) in [6.07, 6.45) is 0. The minimum Gasteiger partial charge on any atom is -0.507 e. The molecule has 3 aromatic rings. The van der Waals surface area contributed by atoms with Gasteiger partial charge in [-0.2, -0.15) is 4.31 Å². The Morgan fingerprint density at radius 2 is 1.87 bits per heavy atom. The second kappa shape index (κ2) is 8.23. The average Bonchev–Trinajstić information content (AvgIpc) is 3.15. The maximum Gasteiger partial charge on any atom is 0.335 e. The second-order valence-electron chi connectivity index (χ2n) is 6.66. The number of carboxylic acids is 1. The summed E-state index contributed by atoms with van der Waals surface area (Å²) < 4.78 is 32.7. The van der Waals surface area contributed by atoms with Crippen LogP contribution in [-0.4, -0.2) is 66.1 Å². The lowest BCUT2D eigenvalue weighted by Gasteiger charge is -2.26. The minimum atomic E-state index is -3.85. The molecule has 31 heavy (non-hydrogen) atoms. The van der Waals surface area contributed by atoms with Crippen LogP contribution >= 0.6 is 11.3 Å². The molecule has 0 radical (unpaired) electrons. The van der Waals surface area contributed by atoms with Gasteiger partial charge in [-0.1, -0.05) is 11.3 Å². The maximum atomic E-state index is 12.8. The fraction of sp³-hybridized carbons (Fsp3) is 0.211. The average molecular weight is 463 g/mol. The molecule has 1 saturated heterocycles. The Balaban J connectivity index is 1.60. The minimum absolute atomic E-state index is 0.0905. The molecule has 2 aromatic carbocycles. The van der Waals surface area contributed by atoms with E-state index in [-0.39, 0.29) is 53.2 Å². The molecule has 1 amide bonds. The van der Waals surface area contributed by atoms with Gasteiger partial charge in [-0.05, 0) is 36.4 Å². The molecule has 162 valence electrons. The highest BCUT2D eigenvalue weighted by molar-refractivity contribution is 7.89. The van der Waals surface area contributed by atoms with E-state index in [1.54, 1.807) is 0 Å². The SMILES string of the molecule is O=C(O)c1ccc2nc(NC(=O)c3cc(S(=O)(=O)N4CCOCC4)ccc3O)sc2c1. The van der Waals surface area contributed by atoms with Gasteiger partial charge >= 0.3 is 5.97 Å². The highest BCUT2D eigenvalue weighted by atomic mass is 32.2. The van der Waals surface area contributed by atoms with Gasteiger partial charge in [0, 0.05) is 13.1 Å². The van der Waals surface area contributed by atoms with Gasteiger partial charge in [0.2, 0.25) is 10.0 Å². The van der Waals surface area contributed by atoms with Crippen molar-refractivity contribution in [2.24, 2.45) is 0 Å². The van der Waals surface area contributed by atoms with Crippen molar-refractivity contribution >= 4 is 48.6 Å². The Morgan fingerprint density at radius 1 is 1.13 bits per heavy atom. The number of ether oxygens (including phenoxy) is 1. The first kappa shape index (κ1) is 21.2. The quantitative estimate of drug-likeness (QED) is 0.521. The molecule has 0 spiro atoms. The standard InChI is InChI=1S/C19H17N3O7S2/c23-15-4-2-12(31(27,28)22-5-7-29-8-6-22)10-13(15)17(24)21-19-20-14-3-1-11(18(25)26)9-16(14)30-19/h1-4,9-10,23H,5-8H2,(H,25,26)(H,20,21,24). The molecular weight excluding hydrogens is 446 g/mol. The summed E-state index contributed by atoms with van der Waals surface area (Å²) in [6, 6.07) is 7.88. The number of hydrogen-bond donors (Lipinski definition) is 3. The van der Waals surface area contributed by atoms with E-state index in [9.17, 15) is 23.1 Å². The number of benzene rings is 2. The van der Waals surface area contributed by atoms with Gasteiger partial charge < -0.3 is 14.9 Å². The summed E-state index contributed by atoms with van der Waals surface area (Å²) in [6.45, 7) is 0.973. The summed E-state index contributed by atoms with van der Waals surface area (Å²) in [7, 11) is -3.85. The molecule has 3 N–H and O–H groups in total. The van der Waals surface area contributed by atoms with Crippen molar-refractivity contribution in [1.82, 2.24) is 9.29 Å². The van der Waals surface area contributed by atoms with Crippen LogP contribution in [0.15, 0.2) is 41.3 Å². The van der Waals surface area contributed by atoms with Crippen LogP contribution in [0.5, 0.6) is 5.75 Å². The van der Waals surface area contributed by atoms with Gasteiger partial charge in [-0.3, -0.25) is 10.1 Å². The van der Waals surface area contributed by atoms with E-state index in [4.69, 9.17) is 9.84 Å². The first-order valence-electron chi connectivity index (χ1n) is 9.12. The molecule has 1 aliphatic heterocycles. The van der Waals surface area contributed by atoms with E-state index >= 15 is 0 Å². The van der Waals surface area contributed by atoms with Crippen molar-refractivity contribution in [3.8, 4) is 5.75 Å². The van der Waals surface area contributed by atoms with Crippen molar-refractivity contribution in [3.63, 3.8) is 0 Å². The molecule has 12 heteroatoms. The van der Waals surface area contributed by atoms with Gasteiger partial charge in [0.25, 0.3) is 5.91 Å². The summed E-state index contributed by atoms with van der Waals surface area (Å²) in [4.78, 5) is 27.9. The number of nitrogens with one attached hydrogen (secondary N) is 1. The van der Waals surface area contributed by atoms with Crippen LogP contribution in [0.4, 0.5) is 5.13 Å². The Hall–Kier alpha value is -3.06. The number of sulfonamides is 1. The highest BCUT2D eigenvalue weighted by Gasteiger charge is 2.28. The first-order valence-corrected chi connectivity index (χ1v) is 11.4. The third-order valence-corrected chi connectivity index (χ3v) is 7.50. The number of phenols is 1. The van der Waals surface area contributed by atoms with Gasteiger partial charge in [0.05, 0.1) is 39.5 Å². The predicted molar refractivity (Wildman–Crippen MR) is 112 cm³/mol. The summed E-state index contributed by atoms with van der Waals surface area (Å²) >= 11 is 1.06. The zero-order valence-corrected chi connectivity index (χ0v) is 17.6. The number of thiazole rings is 1. The molecule has 0 aliphatic carbocycles. The van der Waals surface area contributed by atoms with Crippen LogP contribution in [-0.2, 0) is 14.8 Å². The van der Waals surface area contributed by atoms with Crippen molar-refractivity contribution in [2.75, 3.05) is 31.6 Å². The molecule has 10 nitrogen and oxygen atoms in total. The van der Waals surface area contributed by atoms with Gasteiger partial charge in [0.15, 0.2) is 5.13 Å². The number of morpholine rings is 1. The lowest BCUT2D eigenvalue weighted by molar-refractivity contribution is 0.0696. The fourth-order valence-corrected chi connectivity index (χ4v) is 5.40. The van der Waals surface area contributed by atoms with Crippen LogP contribution in [0.1, 0.15) is 20.7 Å². The molecule has 0 saturated carbocycles. The van der Waals surface area contributed by atoms with Crippen molar-refractivity contribution in [1.29, 1.82) is 0 Å². The Bertz CT molecular complexity index is 1280. The maximum absolute atomic E-state index is 12.8. The second-order valence-corrected chi connectivity index (χ2v) is 9.62. The van der Waals surface area contributed by atoms with E-state index in [0.29, 0.717) is 10.2 Å². The first-order chi connectivity index (χ1) is 14.8. The smallest absolute Gasteiger partial charge is 0.335 e. The number of amides is 1. The monoisotopic (exact) mass is 463 g/mol. The lowest BCUT2D eigenvalue weighted by Crippen LogP contribution is -2.40. The molecular formula is C19H17N3O7S2. The van der Waals surface area contributed by atoms with Gasteiger partial charge in [0.1, 0.15) is 5.75 Å². The zero-order chi connectivity index (χ0) is 22.2. The normalized spacial score (nSPS) is 15.1. The summed E-state index contributed by atoms with van der Waals surface area (Å²) in [5, 5.41) is 21.9. The van der Waals surface area contributed by atoms with E-state index in [1.807, 2.05) is 0 Å². The van der Waals surface area contributed by atoms with Crippen LogP contribution in [0, 0.1) is 0 Å². The predicted octanol–water partition coefficient (Wildman–Crippen LogP) is 1.97. The number of phenolic OH excluding ortho intramolecular Hbond substituents is 1. The number of hydrogen-bond acceptors (Lipinski definition) is 8. The molecule has 4 rings (SSSR count). The third-order valence-electron chi connectivity index (χ3n) is 4.68. The van der Waals surface area contributed by atoms with Crippen LogP contribution in [0.25, 0.3) is 10.2 Å². The molecule has 0 atom stereocenters. The summed E-state index contributed by atoms with van der Waals surface area (Å²) in [5.74, 6) is -2.20. The molecule has 0 unspecified atom stereocenters. The third kappa shape index (κ3) is 4.23. The van der Waals surface area contributed by atoms with Crippen molar-refractivity contribution in [2.45, 2.75) is 4.90 Å². The van der Waals surface area contributed by atoms with E-state index in [2.05, 4.69) is 10.3 Å². The van der Waals surface area contributed by atoms with Crippen LogP contribution in [0.3, 0.4) is 0 Å². The lowest BCUT2D eigenvalue weighted by atomic mass is 10.2. The van der Waals surface area contributed by atoms with Crippen molar-refractivity contribution < 1.29 is 33.0 Å². The van der Waals surface area contributed by atoms with E-state index in [0.717, 1.165) is 23.5 Å². The fourth-order valence-electron chi connectivity index (χ4n) is 3.07. The Labute approximate surface area is 180 Å². The number of carboxylic acid groups (broad SMARTS) is 1. The number of rotatable bonds is 5. The number of aromatic nitrogens is 1. The number of aromatic hydroxyl groups is 1. The molecule has 2 heterocycles. The topological polar surface area (TPSA) is 146 Å². The number of carbonyl (C=O) groups is 2. The molecule has 0 bridgehead atoms. The molecule has 1 aliphatic rings. The number of carbonyl (C=O) groups excluding carboxylic acids is 1. The number of nitrogens with zero attached hydrogens (tertiary/aromatic N) is 2. The van der Waals surface area contributed by atoms with Crippen LogP contribution in [0.2, 0.25) is 0 Å². The highest BCUT2D eigenvalue weighted by Crippen LogP contribution is 2.29. The Morgan fingerprint density at radius 3 is 2.58 bits per heavy atom. The van der Waals surface area contributed by atoms with Crippen molar-refractivity contribution in [3.05, 3.63) is 47.5 Å². The van der Waals surface area contributed by atoms with E-state index in [1.165, 1.54) is 28.6 Å². The summed E-state index contributed by atoms with van der Waals surface area (Å²) in [5.41, 5.74) is 0.366. The zero-order valence-electron chi connectivity index (χ0n) is 15.9. The van der Waals surface area contributed by atoms with Gasteiger partial charge in [-0.25, -0.2) is 18.2 Å². The number of fused-ring (bicyclic) bond motifs is 1. The molecule has 1 fully saturated rings. The molecule has 1 aromatic heterocycles. The Kier molecular flexibility index (Phi) is 5.62.